The Hall–Kier alpha value is -1.72. The van der Waals surface area contributed by atoms with E-state index < -0.39 is 5.79 Å². The summed E-state index contributed by atoms with van der Waals surface area (Å²) in [6, 6.07) is 8.93. The second kappa shape index (κ2) is 6.46. The summed E-state index contributed by atoms with van der Waals surface area (Å²) in [7, 11) is 0. The van der Waals surface area contributed by atoms with Gasteiger partial charge in [0.2, 0.25) is 0 Å². The van der Waals surface area contributed by atoms with E-state index in [0.29, 0.717) is 37.5 Å². The first-order valence-corrected chi connectivity index (χ1v) is 9.41. The first kappa shape index (κ1) is 17.7. The highest BCUT2D eigenvalue weighted by Crippen LogP contribution is 2.55. The zero-order valence-electron chi connectivity index (χ0n) is 15.4. The Morgan fingerprint density at radius 2 is 1.85 bits per heavy atom. The molecule has 5 nitrogen and oxygen atoms in total. The molecule has 0 bridgehead atoms. The molecule has 0 aromatic heterocycles. The third-order valence-electron chi connectivity index (χ3n) is 6.06. The van der Waals surface area contributed by atoms with Gasteiger partial charge in [-0.2, -0.15) is 0 Å². The van der Waals surface area contributed by atoms with Gasteiger partial charge in [-0.1, -0.05) is 32.0 Å². The number of hydrogen-bond acceptors (Lipinski definition) is 5. The number of aldehydes is 1. The van der Waals surface area contributed by atoms with Crippen LogP contribution >= 0.6 is 0 Å². The van der Waals surface area contributed by atoms with Crippen LogP contribution in [0.25, 0.3) is 0 Å². The normalized spacial score (nSPS) is 34.4. The third-order valence-corrected chi connectivity index (χ3v) is 6.06. The largest absolute Gasteiger partial charge is 0.458 e. The molecule has 0 amide bonds. The molecule has 4 rings (SSSR count). The molecule has 26 heavy (non-hydrogen) atoms. The fraction of sp³-hybridized carbons (Fsp3) is 0.619. The number of benzene rings is 1. The van der Waals surface area contributed by atoms with Crippen molar-refractivity contribution in [2.45, 2.75) is 45.0 Å². The van der Waals surface area contributed by atoms with Crippen molar-refractivity contribution < 1.29 is 23.8 Å². The molecule has 4 atom stereocenters. The van der Waals surface area contributed by atoms with E-state index in [4.69, 9.17) is 14.2 Å². The molecule has 5 heteroatoms. The highest BCUT2D eigenvalue weighted by atomic mass is 16.7. The van der Waals surface area contributed by atoms with Crippen LogP contribution in [0.15, 0.2) is 30.3 Å². The highest BCUT2D eigenvalue weighted by Gasteiger charge is 2.58. The fourth-order valence-electron chi connectivity index (χ4n) is 4.67. The van der Waals surface area contributed by atoms with Gasteiger partial charge in [0, 0.05) is 18.3 Å². The zero-order chi connectivity index (χ0) is 18.4. The Bertz CT molecular complexity index is 673. The van der Waals surface area contributed by atoms with Gasteiger partial charge >= 0.3 is 5.97 Å². The molecular formula is C21H26O5. The lowest BCUT2D eigenvalue weighted by molar-refractivity contribution is -0.298. The maximum absolute atomic E-state index is 12.4. The summed E-state index contributed by atoms with van der Waals surface area (Å²) in [4.78, 5) is 24.1. The van der Waals surface area contributed by atoms with E-state index in [1.54, 1.807) is 24.3 Å². The molecule has 3 fully saturated rings. The van der Waals surface area contributed by atoms with Crippen LogP contribution in [-0.4, -0.2) is 37.4 Å². The van der Waals surface area contributed by atoms with Crippen molar-refractivity contribution in [3.8, 4) is 0 Å². The number of esters is 1. The average molecular weight is 358 g/mol. The molecule has 3 aliphatic rings. The van der Waals surface area contributed by atoms with Gasteiger partial charge in [0.05, 0.1) is 24.7 Å². The number of carbonyl (C=O) groups is 2. The topological polar surface area (TPSA) is 61.8 Å². The summed E-state index contributed by atoms with van der Waals surface area (Å²) in [6.45, 7) is 5.60. The van der Waals surface area contributed by atoms with E-state index in [1.807, 2.05) is 6.07 Å². The fourth-order valence-corrected chi connectivity index (χ4v) is 4.67. The van der Waals surface area contributed by atoms with E-state index >= 15 is 0 Å². The molecule has 1 saturated heterocycles. The molecule has 1 aromatic carbocycles. The lowest BCUT2D eigenvalue weighted by atomic mass is 9.91. The summed E-state index contributed by atoms with van der Waals surface area (Å²) in [5, 5.41) is 0. The average Bonchev–Trinajstić information content (AvgIpc) is 3.12. The predicted molar refractivity (Wildman–Crippen MR) is 94.4 cm³/mol. The molecule has 1 spiro atoms. The number of rotatable bonds is 3. The Labute approximate surface area is 154 Å². The molecule has 140 valence electrons. The second-order valence-electron chi connectivity index (χ2n) is 8.74. The molecule has 0 N–H and O–H groups in total. The summed E-state index contributed by atoms with van der Waals surface area (Å²) >= 11 is 0. The molecule has 0 radical (unpaired) electrons. The van der Waals surface area contributed by atoms with Gasteiger partial charge in [-0.15, -0.1) is 0 Å². The standard InChI is InChI=1S/C21H26O5/c1-20(2)12-24-21(25-13-20)9-15-8-18(17(11-22)16(15)10-21)26-19(23)14-6-4-3-5-7-14/h3-7,11,15-18H,8-10,12-13H2,1-2H3. The van der Waals surface area contributed by atoms with Gasteiger partial charge in [-0.05, 0) is 30.4 Å². The smallest absolute Gasteiger partial charge is 0.338 e. The maximum Gasteiger partial charge on any atom is 0.338 e. The van der Waals surface area contributed by atoms with Crippen LogP contribution in [0.2, 0.25) is 0 Å². The minimum Gasteiger partial charge on any atom is -0.458 e. The lowest BCUT2D eigenvalue weighted by Gasteiger charge is -2.42. The van der Waals surface area contributed by atoms with Crippen LogP contribution in [0.3, 0.4) is 0 Å². The second-order valence-corrected chi connectivity index (χ2v) is 8.74. The van der Waals surface area contributed by atoms with E-state index in [-0.39, 0.29) is 29.3 Å². The van der Waals surface area contributed by atoms with E-state index in [9.17, 15) is 9.59 Å². The Morgan fingerprint density at radius 3 is 2.50 bits per heavy atom. The first-order valence-electron chi connectivity index (χ1n) is 9.41. The SMILES string of the molecule is CC1(C)COC2(CC3CC(OC(=O)c4ccccc4)C(C=O)C3C2)OC1. The van der Waals surface area contributed by atoms with Crippen molar-refractivity contribution in [2.75, 3.05) is 13.2 Å². The Kier molecular flexibility index (Phi) is 4.40. The molecular weight excluding hydrogens is 332 g/mol. The van der Waals surface area contributed by atoms with Gasteiger partial charge in [-0.3, -0.25) is 0 Å². The first-order chi connectivity index (χ1) is 12.4. The van der Waals surface area contributed by atoms with Crippen LogP contribution in [0.4, 0.5) is 0 Å². The van der Waals surface area contributed by atoms with E-state index in [1.165, 1.54) is 0 Å². The summed E-state index contributed by atoms with van der Waals surface area (Å²) in [5.41, 5.74) is 0.549. The van der Waals surface area contributed by atoms with Crippen molar-refractivity contribution in [1.29, 1.82) is 0 Å². The summed E-state index contributed by atoms with van der Waals surface area (Å²) in [6.07, 6.45) is 2.78. The maximum atomic E-state index is 12.4. The molecule has 1 aromatic rings. The molecule has 2 saturated carbocycles. The predicted octanol–water partition coefficient (Wildman–Crippen LogP) is 3.23. The lowest BCUT2D eigenvalue weighted by Crippen LogP contribution is -2.46. The van der Waals surface area contributed by atoms with Gasteiger partial charge in [0.25, 0.3) is 0 Å². The van der Waals surface area contributed by atoms with Crippen molar-refractivity contribution in [2.24, 2.45) is 23.2 Å². The van der Waals surface area contributed by atoms with Crippen LogP contribution in [0.1, 0.15) is 43.5 Å². The minimum absolute atomic E-state index is 0.0285. The number of hydrogen-bond donors (Lipinski definition) is 0. The van der Waals surface area contributed by atoms with Crippen LogP contribution in [0.5, 0.6) is 0 Å². The van der Waals surface area contributed by atoms with E-state index in [2.05, 4.69) is 13.8 Å². The van der Waals surface area contributed by atoms with Gasteiger partial charge in [0.1, 0.15) is 12.4 Å². The number of fused-ring (bicyclic) bond motifs is 1. The summed E-state index contributed by atoms with van der Waals surface area (Å²) in [5.74, 6) is -0.749. The van der Waals surface area contributed by atoms with Crippen molar-refractivity contribution in [3.05, 3.63) is 35.9 Å². The number of ether oxygens (including phenoxy) is 3. The van der Waals surface area contributed by atoms with Crippen molar-refractivity contribution >= 4 is 12.3 Å². The molecule has 4 unspecified atom stereocenters. The van der Waals surface area contributed by atoms with E-state index in [0.717, 1.165) is 12.7 Å². The van der Waals surface area contributed by atoms with Gasteiger partial charge in [-0.25, -0.2) is 4.79 Å². The number of carbonyl (C=O) groups excluding carboxylic acids is 2. The highest BCUT2D eigenvalue weighted by molar-refractivity contribution is 5.89. The monoisotopic (exact) mass is 358 g/mol. The Balaban J connectivity index is 1.42. The van der Waals surface area contributed by atoms with Crippen LogP contribution < -0.4 is 0 Å². The van der Waals surface area contributed by atoms with Crippen molar-refractivity contribution in [1.82, 2.24) is 0 Å². The van der Waals surface area contributed by atoms with Gasteiger partial charge < -0.3 is 19.0 Å². The van der Waals surface area contributed by atoms with Crippen molar-refractivity contribution in [3.63, 3.8) is 0 Å². The van der Waals surface area contributed by atoms with Gasteiger partial charge in [0.15, 0.2) is 5.79 Å². The molecule has 1 heterocycles. The summed E-state index contributed by atoms with van der Waals surface area (Å²) < 4.78 is 17.9. The minimum atomic E-state index is -0.555. The zero-order valence-corrected chi connectivity index (χ0v) is 15.4. The molecule has 1 aliphatic heterocycles. The molecule has 2 aliphatic carbocycles. The van der Waals surface area contributed by atoms with Crippen LogP contribution in [-0.2, 0) is 19.0 Å². The van der Waals surface area contributed by atoms with Crippen LogP contribution in [0, 0.1) is 23.2 Å². The quantitative estimate of drug-likeness (QED) is 0.613. The Morgan fingerprint density at radius 1 is 1.15 bits per heavy atom. The third kappa shape index (κ3) is 3.19.